The van der Waals surface area contributed by atoms with Crippen LogP contribution in [0.15, 0.2) is 46.1 Å². The molecule has 1 amide bonds. The molecular weight excluding hydrogens is 475 g/mol. The minimum absolute atomic E-state index is 0. The van der Waals surface area contributed by atoms with Gasteiger partial charge in [-0.1, -0.05) is 12.1 Å². The van der Waals surface area contributed by atoms with Crippen molar-refractivity contribution in [3.8, 4) is 5.75 Å². The van der Waals surface area contributed by atoms with Crippen molar-refractivity contribution in [2.24, 2.45) is 4.99 Å². The number of rotatable bonds is 7. The molecule has 27 heavy (non-hydrogen) atoms. The summed E-state index contributed by atoms with van der Waals surface area (Å²) < 4.78 is 5.47. The third-order valence-electron chi connectivity index (χ3n) is 4.00. The Kier molecular flexibility index (Phi) is 8.86. The number of hydrogen-bond donors (Lipinski definition) is 2. The van der Waals surface area contributed by atoms with Crippen molar-refractivity contribution < 1.29 is 9.53 Å². The zero-order valence-corrected chi connectivity index (χ0v) is 18.5. The molecule has 0 atom stereocenters. The summed E-state index contributed by atoms with van der Waals surface area (Å²) in [5.74, 6) is 1.57. The van der Waals surface area contributed by atoms with E-state index in [2.05, 4.69) is 32.5 Å². The lowest BCUT2D eigenvalue weighted by atomic mass is 10.2. The van der Waals surface area contributed by atoms with Crippen molar-refractivity contribution in [2.75, 3.05) is 31.1 Å². The first-order valence-electron chi connectivity index (χ1n) is 8.83. The Hall–Kier alpha value is -1.81. The predicted octanol–water partition coefficient (Wildman–Crippen LogP) is 3.24. The van der Waals surface area contributed by atoms with E-state index in [4.69, 9.17) is 4.74 Å². The van der Waals surface area contributed by atoms with Crippen LogP contribution in [0.5, 0.6) is 5.75 Å². The number of carbonyl (C=O) groups is 1. The van der Waals surface area contributed by atoms with Gasteiger partial charge in [-0.15, -0.1) is 24.0 Å². The van der Waals surface area contributed by atoms with Gasteiger partial charge in [0.1, 0.15) is 5.75 Å². The molecule has 0 aliphatic carbocycles. The minimum atomic E-state index is 0. The van der Waals surface area contributed by atoms with Crippen LogP contribution in [0, 0.1) is 0 Å². The summed E-state index contributed by atoms with van der Waals surface area (Å²) in [5.41, 5.74) is 2.06. The molecule has 3 rings (SSSR count). The predicted molar refractivity (Wildman–Crippen MR) is 121 cm³/mol. The Bertz CT molecular complexity index is 752. The summed E-state index contributed by atoms with van der Waals surface area (Å²) in [5, 5.41) is 10.7. The van der Waals surface area contributed by atoms with Gasteiger partial charge in [0.15, 0.2) is 12.6 Å². The Balaban J connectivity index is 0.00000261. The van der Waals surface area contributed by atoms with Crippen molar-refractivity contribution in [1.82, 2.24) is 10.6 Å². The number of fused-ring (bicyclic) bond motifs is 1. The molecule has 0 saturated carbocycles. The monoisotopic (exact) mass is 500 g/mol. The van der Waals surface area contributed by atoms with Gasteiger partial charge in [-0.2, -0.15) is 11.3 Å². The fourth-order valence-electron chi connectivity index (χ4n) is 2.74. The number of nitrogens with one attached hydrogen (secondary N) is 2. The number of ether oxygens (including phenoxy) is 1. The number of anilines is 1. The van der Waals surface area contributed by atoms with Crippen molar-refractivity contribution in [1.29, 1.82) is 0 Å². The van der Waals surface area contributed by atoms with Crippen LogP contribution >= 0.6 is 35.3 Å². The number of benzene rings is 1. The largest absolute Gasteiger partial charge is 0.482 e. The number of nitrogens with zero attached hydrogens (tertiary/aromatic N) is 2. The third kappa shape index (κ3) is 6.10. The summed E-state index contributed by atoms with van der Waals surface area (Å²) in [6.45, 7) is 5.01. The minimum Gasteiger partial charge on any atom is -0.482 e. The first kappa shape index (κ1) is 21.5. The average Bonchev–Trinajstić information content (AvgIpc) is 3.18. The molecule has 1 aromatic carbocycles. The smallest absolute Gasteiger partial charge is 0.265 e. The van der Waals surface area contributed by atoms with E-state index in [0.29, 0.717) is 13.1 Å². The molecule has 1 aliphatic heterocycles. The molecule has 1 aliphatic rings. The number of thiophene rings is 1. The highest BCUT2D eigenvalue weighted by molar-refractivity contribution is 14.0. The first-order chi connectivity index (χ1) is 12.8. The Labute approximate surface area is 181 Å². The number of aliphatic imine (C=N–C) groups is 1. The van der Waals surface area contributed by atoms with E-state index in [1.165, 1.54) is 5.56 Å². The summed E-state index contributed by atoms with van der Waals surface area (Å²) in [7, 11) is 0. The maximum absolute atomic E-state index is 12.2. The molecule has 146 valence electrons. The maximum atomic E-state index is 12.2. The molecule has 2 heterocycles. The zero-order valence-electron chi connectivity index (χ0n) is 15.3. The molecule has 0 fully saturated rings. The number of amides is 1. The van der Waals surface area contributed by atoms with E-state index < -0.39 is 0 Å². The van der Waals surface area contributed by atoms with Crippen LogP contribution in [0.1, 0.15) is 18.9 Å². The van der Waals surface area contributed by atoms with Crippen LogP contribution in [0.25, 0.3) is 0 Å². The molecule has 8 heteroatoms. The second kappa shape index (κ2) is 11.1. The van der Waals surface area contributed by atoms with Gasteiger partial charge in [0.05, 0.1) is 12.2 Å². The number of guanidine groups is 1. The van der Waals surface area contributed by atoms with Crippen molar-refractivity contribution in [2.45, 2.75) is 19.9 Å². The van der Waals surface area contributed by atoms with Gasteiger partial charge in [0.25, 0.3) is 5.91 Å². The zero-order chi connectivity index (χ0) is 18.2. The maximum Gasteiger partial charge on any atom is 0.265 e. The molecular formula is C19H25IN4O2S. The normalized spacial score (nSPS) is 13.4. The number of hydrogen-bond acceptors (Lipinski definition) is 4. The van der Waals surface area contributed by atoms with Crippen LogP contribution in [-0.4, -0.2) is 38.1 Å². The molecule has 1 aromatic heterocycles. The first-order valence-corrected chi connectivity index (χ1v) is 9.77. The van der Waals surface area contributed by atoms with E-state index in [-0.39, 0.29) is 36.5 Å². The highest BCUT2D eigenvalue weighted by Crippen LogP contribution is 2.31. The quantitative estimate of drug-likeness (QED) is 0.265. The van der Waals surface area contributed by atoms with Crippen LogP contribution in [0.4, 0.5) is 5.69 Å². The fraction of sp³-hybridized carbons (Fsp3) is 0.368. The lowest BCUT2D eigenvalue weighted by molar-refractivity contribution is -0.121. The molecule has 2 aromatic rings. The van der Waals surface area contributed by atoms with E-state index in [1.54, 1.807) is 16.2 Å². The lowest BCUT2D eigenvalue weighted by Gasteiger charge is -2.29. The highest BCUT2D eigenvalue weighted by atomic mass is 127. The van der Waals surface area contributed by atoms with Gasteiger partial charge in [-0.25, -0.2) is 4.99 Å². The summed E-state index contributed by atoms with van der Waals surface area (Å²) in [4.78, 5) is 18.6. The Morgan fingerprint density at radius 1 is 1.30 bits per heavy atom. The lowest BCUT2D eigenvalue weighted by Crippen LogP contribution is -2.42. The topological polar surface area (TPSA) is 66.0 Å². The Morgan fingerprint density at radius 3 is 2.93 bits per heavy atom. The second-order valence-corrected chi connectivity index (χ2v) is 6.69. The van der Waals surface area contributed by atoms with Gasteiger partial charge in [-0.3, -0.25) is 4.79 Å². The molecule has 0 unspecified atom stereocenters. The third-order valence-corrected chi connectivity index (χ3v) is 4.74. The molecule has 0 radical (unpaired) electrons. The second-order valence-electron chi connectivity index (χ2n) is 5.91. The van der Waals surface area contributed by atoms with Crippen LogP contribution in [0.2, 0.25) is 0 Å². The van der Waals surface area contributed by atoms with E-state index >= 15 is 0 Å². The van der Waals surface area contributed by atoms with Gasteiger partial charge < -0.3 is 20.3 Å². The summed E-state index contributed by atoms with van der Waals surface area (Å²) in [6.07, 6.45) is 0.822. The average molecular weight is 500 g/mol. The van der Waals surface area contributed by atoms with Gasteiger partial charge >= 0.3 is 0 Å². The van der Waals surface area contributed by atoms with Gasteiger partial charge in [0.2, 0.25) is 0 Å². The van der Waals surface area contributed by atoms with Crippen LogP contribution in [-0.2, 0) is 11.3 Å². The number of carbonyl (C=O) groups excluding carboxylic acids is 1. The van der Waals surface area contributed by atoms with Gasteiger partial charge in [-0.05, 0) is 47.9 Å². The SMILES string of the molecule is CCNC(=NCc1ccsc1)NCCCN1C(=O)COc2ccccc21.I. The van der Waals surface area contributed by atoms with Crippen LogP contribution < -0.4 is 20.3 Å². The van der Waals surface area contributed by atoms with Crippen LogP contribution in [0.3, 0.4) is 0 Å². The van der Waals surface area contributed by atoms with Crippen molar-refractivity contribution in [3.63, 3.8) is 0 Å². The molecule has 0 saturated heterocycles. The Morgan fingerprint density at radius 2 is 2.15 bits per heavy atom. The van der Waals surface area contributed by atoms with Crippen molar-refractivity contribution in [3.05, 3.63) is 46.7 Å². The molecule has 6 nitrogen and oxygen atoms in total. The van der Waals surface area contributed by atoms with E-state index in [0.717, 1.165) is 36.9 Å². The fourth-order valence-corrected chi connectivity index (χ4v) is 3.40. The van der Waals surface area contributed by atoms with Gasteiger partial charge in [0, 0.05) is 19.6 Å². The molecule has 2 N–H and O–H groups in total. The number of halogens is 1. The molecule has 0 spiro atoms. The summed E-state index contributed by atoms with van der Waals surface area (Å²) in [6, 6.07) is 9.74. The highest BCUT2D eigenvalue weighted by Gasteiger charge is 2.24. The van der Waals surface area contributed by atoms with E-state index in [9.17, 15) is 4.79 Å². The standard InChI is InChI=1S/C19H24N4O2S.HI/c1-2-20-19(22-12-15-8-11-26-14-15)21-9-5-10-23-16-6-3-4-7-17(16)25-13-18(23)24;/h3-4,6-8,11,14H,2,5,9-10,12-13H2,1H3,(H2,20,21,22);1H. The van der Waals surface area contributed by atoms with E-state index in [1.807, 2.05) is 31.2 Å². The number of para-hydroxylation sites is 2. The molecule has 0 bridgehead atoms. The van der Waals surface area contributed by atoms with Crippen molar-refractivity contribution >= 4 is 52.9 Å². The summed E-state index contributed by atoms with van der Waals surface area (Å²) >= 11 is 1.68.